The Balaban J connectivity index is 1.52. The lowest BCUT2D eigenvalue weighted by atomic mass is 10.0. The summed E-state index contributed by atoms with van der Waals surface area (Å²) in [5.41, 5.74) is 5.03. The molecular weight excluding hydrogens is 412 g/mol. The van der Waals surface area contributed by atoms with Gasteiger partial charge in [0.2, 0.25) is 0 Å². The Labute approximate surface area is 186 Å². The zero-order valence-corrected chi connectivity index (χ0v) is 18.7. The lowest BCUT2D eigenvalue weighted by Crippen LogP contribution is -2.28. The number of hydrogen-bond acceptors (Lipinski definition) is 3. The van der Waals surface area contributed by atoms with Gasteiger partial charge in [-0.1, -0.05) is 17.7 Å². The quantitative estimate of drug-likeness (QED) is 0.629. The van der Waals surface area contributed by atoms with Crippen LogP contribution in [0.25, 0.3) is 5.69 Å². The minimum absolute atomic E-state index is 0.0269. The fourth-order valence-electron chi connectivity index (χ4n) is 3.92. The van der Waals surface area contributed by atoms with Gasteiger partial charge in [0.15, 0.2) is 0 Å². The van der Waals surface area contributed by atoms with Crippen LogP contribution < -0.4 is 5.32 Å². The van der Waals surface area contributed by atoms with E-state index in [1.165, 1.54) is 0 Å². The van der Waals surface area contributed by atoms with Gasteiger partial charge in [0.1, 0.15) is 0 Å². The predicted octanol–water partition coefficient (Wildman–Crippen LogP) is 4.94. The number of rotatable bonds is 4. The number of carbonyl (C=O) groups is 2. The van der Waals surface area contributed by atoms with E-state index in [9.17, 15) is 9.59 Å². The minimum atomic E-state index is -0.230. The number of hydrogen-bond donors (Lipinski definition) is 1. The molecule has 1 fully saturated rings. The Morgan fingerprint density at radius 1 is 1.00 bits per heavy atom. The highest BCUT2D eigenvalue weighted by molar-refractivity contribution is 6.31. The number of nitrogens with zero attached hydrogens (tertiary/aromatic N) is 3. The normalized spacial score (nSPS) is 13.5. The van der Waals surface area contributed by atoms with Gasteiger partial charge < -0.3 is 10.2 Å². The van der Waals surface area contributed by atoms with Crippen LogP contribution in [0.15, 0.2) is 42.5 Å². The van der Waals surface area contributed by atoms with Crippen LogP contribution in [0.5, 0.6) is 0 Å². The van der Waals surface area contributed by atoms with Gasteiger partial charge in [-0.05, 0) is 75.6 Å². The van der Waals surface area contributed by atoms with Crippen molar-refractivity contribution >= 4 is 29.1 Å². The van der Waals surface area contributed by atoms with E-state index in [0.29, 0.717) is 21.8 Å². The third-order valence-electron chi connectivity index (χ3n) is 5.78. The van der Waals surface area contributed by atoms with E-state index in [1.54, 1.807) is 16.8 Å². The molecule has 6 nitrogen and oxygen atoms in total. The number of aromatic nitrogens is 2. The highest BCUT2D eigenvalue weighted by Gasteiger charge is 2.22. The number of amides is 2. The SMILES string of the molecule is Cc1nn(-c2ccc(C(=O)Nc3cccc(C(=O)N4CCCC4)c3C)cc2)c(C)c1Cl. The summed E-state index contributed by atoms with van der Waals surface area (Å²) in [4.78, 5) is 27.5. The molecular formula is C24H25ClN4O2. The molecule has 2 aromatic carbocycles. The standard InChI is InChI=1S/C24H25ClN4O2/c1-15-20(24(31)28-13-4-5-14-28)7-6-8-21(15)26-23(30)18-9-11-19(12-10-18)29-17(3)22(25)16(2)27-29/h6-12H,4-5,13-14H2,1-3H3,(H,26,30). The van der Waals surface area contributed by atoms with Gasteiger partial charge in [-0.25, -0.2) is 4.68 Å². The van der Waals surface area contributed by atoms with Crippen molar-refractivity contribution in [2.75, 3.05) is 18.4 Å². The van der Waals surface area contributed by atoms with Gasteiger partial charge in [0, 0.05) is 29.9 Å². The molecule has 0 saturated carbocycles. The molecule has 2 amide bonds. The Hall–Kier alpha value is -3.12. The van der Waals surface area contributed by atoms with E-state index in [-0.39, 0.29) is 11.8 Å². The summed E-state index contributed by atoms with van der Waals surface area (Å²) >= 11 is 6.24. The van der Waals surface area contributed by atoms with Crippen LogP contribution in [0, 0.1) is 20.8 Å². The molecule has 31 heavy (non-hydrogen) atoms. The average molecular weight is 437 g/mol. The molecule has 0 radical (unpaired) electrons. The molecule has 0 bridgehead atoms. The molecule has 2 heterocycles. The van der Waals surface area contributed by atoms with Gasteiger partial charge in [-0.3, -0.25) is 9.59 Å². The van der Waals surface area contributed by atoms with Crippen LogP contribution >= 0.6 is 11.6 Å². The number of likely N-dealkylation sites (tertiary alicyclic amines) is 1. The minimum Gasteiger partial charge on any atom is -0.339 e. The van der Waals surface area contributed by atoms with Crippen molar-refractivity contribution in [3.63, 3.8) is 0 Å². The lowest BCUT2D eigenvalue weighted by molar-refractivity contribution is 0.0791. The zero-order valence-electron chi connectivity index (χ0n) is 17.9. The Morgan fingerprint density at radius 3 is 2.29 bits per heavy atom. The van der Waals surface area contributed by atoms with E-state index in [4.69, 9.17) is 11.6 Å². The summed E-state index contributed by atoms with van der Waals surface area (Å²) in [6.07, 6.45) is 2.09. The highest BCUT2D eigenvalue weighted by atomic mass is 35.5. The van der Waals surface area contributed by atoms with E-state index >= 15 is 0 Å². The Bertz CT molecular complexity index is 1150. The number of benzene rings is 2. The third-order valence-corrected chi connectivity index (χ3v) is 6.33. The lowest BCUT2D eigenvalue weighted by Gasteiger charge is -2.18. The smallest absolute Gasteiger partial charge is 0.255 e. The molecule has 1 aliphatic rings. The zero-order chi connectivity index (χ0) is 22.1. The van der Waals surface area contributed by atoms with Crippen molar-refractivity contribution in [2.24, 2.45) is 0 Å². The summed E-state index contributed by atoms with van der Waals surface area (Å²) in [5, 5.41) is 8.02. The van der Waals surface area contributed by atoms with Gasteiger partial charge in [0.05, 0.1) is 22.1 Å². The van der Waals surface area contributed by atoms with Crippen LogP contribution in [-0.4, -0.2) is 39.6 Å². The number of nitrogens with one attached hydrogen (secondary N) is 1. The van der Waals surface area contributed by atoms with Gasteiger partial charge >= 0.3 is 0 Å². The number of aryl methyl sites for hydroxylation is 1. The fourth-order valence-corrected chi connectivity index (χ4v) is 4.03. The van der Waals surface area contributed by atoms with Crippen molar-refractivity contribution in [3.8, 4) is 5.69 Å². The van der Waals surface area contributed by atoms with E-state index < -0.39 is 0 Å². The van der Waals surface area contributed by atoms with Crippen molar-refractivity contribution < 1.29 is 9.59 Å². The summed E-state index contributed by atoms with van der Waals surface area (Å²) < 4.78 is 1.76. The molecule has 1 saturated heterocycles. The molecule has 3 aromatic rings. The summed E-state index contributed by atoms with van der Waals surface area (Å²) in [6.45, 7) is 7.22. The van der Waals surface area contributed by atoms with Crippen molar-refractivity contribution in [1.29, 1.82) is 0 Å². The summed E-state index contributed by atoms with van der Waals surface area (Å²) in [6, 6.07) is 12.6. The number of carbonyl (C=O) groups excluding carboxylic acids is 2. The van der Waals surface area contributed by atoms with Crippen LogP contribution in [0.3, 0.4) is 0 Å². The second kappa shape index (κ2) is 8.55. The summed E-state index contributed by atoms with van der Waals surface area (Å²) in [5.74, 6) is -0.203. The molecule has 7 heteroatoms. The maximum absolute atomic E-state index is 12.8. The molecule has 0 unspecified atom stereocenters. The first-order valence-corrected chi connectivity index (χ1v) is 10.8. The first kappa shape index (κ1) is 21.1. The summed E-state index contributed by atoms with van der Waals surface area (Å²) in [7, 11) is 0. The number of anilines is 1. The van der Waals surface area contributed by atoms with Crippen LogP contribution in [-0.2, 0) is 0 Å². The second-order valence-corrected chi connectivity index (χ2v) is 8.25. The molecule has 1 aromatic heterocycles. The maximum atomic E-state index is 12.8. The van der Waals surface area contributed by atoms with Gasteiger partial charge in [0.25, 0.3) is 11.8 Å². The third kappa shape index (κ3) is 4.08. The highest BCUT2D eigenvalue weighted by Crippen LogP contribution is 2.24. The Kier molecular flexibility index (Phi) is 5.83. The maximum Gasteiger partial charge on any atom is 0.255 e. The second-order valence-electron chi connectivity index (χ2n) is 7.88. The molecule has 0 aliphatic carbocycles. The van der Waals surface area contributed by atoms with E-state index in [0.717, 1.165) is 48.6 Å². The number of halogens is 1. The average Bonchev–Trinajstić information content (AvgIpc) is 3.40. The molecule has 0 atom stereocenters. The fraction of sp³-hybridized carbons (Fsp3) is 0.292. The molecule has 1 aliphatic heterocycles. The van der Waals surface area contributed by atoms with Crippen LogP contribution in [0.2, 0.25) is 5.02 Å². The van der Waals surface area contributed by atoms with E-state index in [1.807, 2.05) is 56.0 Å². The first-order valence-electron chi connectivity index (χ1n) is 10.4. The van der Waals surface area contributed by atoms with Crippen LogP contribution in [0.4, 0.5) is 5.69 Å². The molecule has 4 rings (SSSR count). The van der Waals surface area contributed by atoms with Gasteiger partial charge in [-0.2, -0.15) is 5.10 Å². The van der Waals surface area contributed by atoms with Crippen molar-refractivity contribution in [2.45, 2.75) is 33.6 Å². The monoisotopic (exact) mass is 436 g/mol. The molecule has 1 N–H and O–H groups in total. The first-order chi connectivity index (χ1) is 14.9. The Morgan fingerprint density at radius 2 is 1.68 bits per heavy atom. The predicted molar refractivity (Wildman–Crippen MR) is 122 cm³/mol. The largest absolute Gasteiger partial charge is 0.339 e. The van der Waals surface area contributed by atoms with E-state index in [2.05, 4.69) is 10.4 Å². The van der Waals surface area contributed by atoms with Gasteiger partial charge in [-0.15, -0.1) is 0 Å². The topological polar surface area (TPSA) is 67.2 Å². The van der Waals surface area contributed by atoms with Crippen LogP contribution in [0.1, 0.15) is 50.5 Å². The van der Waals surface area contributed by atoms with Crippen molar-refractivity contribution in [3.05, 3.63) is 75.6 Å². The van der Waals surface area contributed by atoms with Crippen molar-refractivity contribution in [1.82, 2.24) is 14.7 Å². The molecule has 160 valence electrons. The molecule has 0 spiro atoms.